The Morgan fingerprint density at radius 3 is 2.88 bits per heavy atom. The summed E-state index contributed by atoms with van der Waals surface area (Å²) in [5.74, 6) is 0. The molecule has 0 atom stereocenters. The lowest BCUT2D eigenvalue weighted by Crippen LogP contribution is -2.09. The summed E-state index contributed by atoms with van der Waals surface area (Å²) in [6.07, 6.45) is 5.50. The average Bonchev–Trinajstić information content (AvgIpc) is 1.77. The number of nitrogens with zero attached hydrogens (tertiary/aromatic N) is 2. The normalized spacial score (nSPS) is 17.6. The van der Waals surface area contributed by atoms with Crippen LogP contribution in [0.2, 0.25) is 0 Å². The van der Waals surface area contributed by atoms with E-state index in [4.69, 9.17) is 0 Å². The first-order valence-corrected chi connectivity index (χ1v) is 2.42. The van der Waals surface area contributed by atoms with Gasteiger partial charge in [0.1, 0.15) is 0 Å². The highest BCUT2D eigenvalue weighted by molar-refractivity contribution is 5.60. The summed E-state index contributed by atoms with van der Waals surface area (Å²) < 4.78 is 0. The van der Waals surface area contributed by atoms with Crippen molar-refractivity contribution in [2.75, 3.05) is 7.05 Å². The number of hydrogen-bond donors (Lipinski definition) is 0. The Kier molecular flexibility index (Phi) is 1.16. The molecule has 2 heteroatoms. The van der Waals surface area contributed by atoms with E-state index in [0.29, 0.717) is 0 Å². The maximum Gasteiger partial charge on any atom is 0.0949 e. The van der Waals surface area contributed by atoms with Gasteiger partial charge in [-0.3, -0.25) is 0 Å². The van der Waals surface area contributed by atoms with Crippen LogP contribution >= 0.6 is 0 Å². The van der Waals surface area contributed by atoms with Gasteiger partial charge in [0.15, 0.2) is 0 Å². The summed E-state index contributed by atoms with van der Waals surface area (Å²) in [6, 6.07) is 0. The Hall–Kier alpha value is -1.05. The average molecular weight is 108 g/mol. The van der Waals surface area contributed by atoms with Gasteiger partial charge in [-0.25, -0.2) is 4.99 Å². The summed E-state index contributed by atoms with van der Waals surface area (Å²) in [4.78, 5) is 5.80. The maximum atomic E-state index is 3.93. The van der Waals surface area contributed by atoms with Crippen molar-refractivity contribution in [3.05, 3.63) is 24.6 Å². The highest BCUT2D eigenvalue weighted by Gasteiger charge is 1.90. The minimum Gasteiger partial charge on any atom is -0.342 e. The van der Waals surface area contributed by atoms with Crippen LogP contribution in [0.4, 0.5) is 0 Å². The van der Waals surface area contributed by atoms with Crippen molar-refractivity contribution in [3.8, 4) is 0 Å². The number of allylic oxidation sites excluding steroid dienone is 1. The fourth-order valence-electron chi connectivity index (χ4n) is 0.450. The van der Waals surface area contributed by atoms with Crippen molar-refractivity contribution < 1.29 is 0 Å². The van der Waals surface area contributed by atoms with Crippen molar-refractivity contribution in [3.63, 3.8) is 0 Å². The molecule has 1 aliphatic heterocycles. The first-order chi connectivity index (χ1) is 3.79. The fraction of sp³-hybridized carbons (Fsp3) is 0.167. The van der Waals surface area contributed by atoms with E-state index >= 15 is 0 Å². The minimum atomic E-state index is 0.808. The Balaban J connectivity index is 2.68. The van der Waals surface area contributed by atoms with Gasteiger partial charge in [-0.1, -0.05) is 6.58 Å². The van der Waals surface area contributed by atoms with Gasteiger partial charge in [0.25, 0.3) is 0 Å². The summed E-state index contributed by atoms with van der Waals surface area (Å²) in [5, 5.41) is 0. The molecular weight excluding hydrogens is 100 g/mol. The number of aliphatic imine (C=N–C) groups is 1. The molecule has 0 amide bonds. The summed E-state index contributed by atoms with van der Waals surface area (Å²) in [7, 11) is 1.92. The van der Waals surface area contributed by atoms with E-state index in [1.165, 1.54) is 0 Å². The molecule has 0 aliphatic carbocycles. The van der Waals surface area contributed by atoms with Crippen LogP contribution in [0.3, 0.4) is 0 Å². The molecule has 0 unspecified atom stereocenters. The van der Waals surface area contributed by atoms with Gasteiger partial charge in [-0.05, 0) is 6.08 Å². The van der Waals surface area contributed by atoms with E-state index in [-0.39, 0.29) is 0 Å². The molecule has 0 aromatic rings. The second-order valence-electron chi connectivity index (χ2n) is 1.72. The van der Waals surface area contributed by atoms with Gasteiger partial charge in [-0.2, -0.15) is 0 Å². The maximum absolute atomic E-state index is 3.93. The summed E-state index contributed by atoms with van der Waals surface area (Å²) in [6.45, 7) is 3.64. The molecule has 0 bridgehead atoms. The fourth-order valence-corrected chi connectivity index (χ4v) is 0.450. The summed E-state index contributed by atoms with van der Waals surface area (Å²) >= 11 is 0. The Morgan fingerprint density at radius 1 is 1.75 bits per heavy atom. The molecule has 0 fully saturated rings. The van der Waals surface area contributed by atoms with Gasteiger partial charge in [-0.15, -0.1) is 0 Å². The van der Waals surface area contributed by atoms with E-state index in [2.05, 4.69) is 11.6 Å². The van der Waals surface area contributed by atoms with Gasteiger partial charge in [0, 0.05) is 13.2 Å². The van der Waals surface area contributed by atoms with E-state index < -0.39 is 0 Å². The number of hydrogen-bond acceptors (Lipinski definition) is 2. The molecule has 0 N–H and O–H groups in total. The molecular formula is C6H8N2. The predicted molar refractivity (Wildman–Crippen MR) is 34.5 cm³/mol. The monoisotopic (exact) mass is 108 g/mol. The molecule has 42 valence electrons. The molecule has 0 aromatic carbocycles. The lowest BCUT2D eigenvalue weighted by molar-refractivity contribution is 0.701. The van der Waals surface area contributed by atoms with Crippen molar-refractivity contribution in [1.29, 1.82) is 0 Å². The topological polar surface area (TPSA) is 15.6 Å². The molecule has 0 spiro atoms. The highest BCUT2D eigenvalue weighted by Crippen LogP contribution is 1.99. The molecule has 1 aliphatic rings. The third-order valence-corrected chi connectivity index (χ3v) is 0.908. The smallest absolute Gasteiger partial charge is 0.0949 e. The Bertz CT molecular complexity index is 140. The van der Waals surface area contributed by atoms with Gasteiger partial charge < -0.3 is 4.90 Å². The van der Waals surface area contributed by atoms with Crippen LogP contribution in [0.1, 0.15) is 0 Å². The Labute approximate surface area is 48.8 Å². The minimum absolute atomic E-state index is 0.808. The van der Waals surface area contributed by atoms with Crippen molar-refractivity contribution in [1.82, 2.24) is 4.90 Å². The molecule has 8 heavy (non-hydrogen) atoms. The SMILES string of the molecule is C=C1C=CN(C)C=N1. The number of rotatable bonds is 0. The molecule has 1 heterocycles. The van der Waals surface area contributed by atoms with Crippen molar-refractivity contribution in [2.24, 2.45) is 4.99 Å². The van der Waals surface area contributed by atoms with Crippen molar-refractivity contribution >= 4 is 6.34 Å². The van der Waals surface area contributed by atoms with Crippen LogP contribution in [-0.4, -0.2) is 18.3 Å². The molecule has 0 saturated carbocycles. The van der Waals surface area contributed by atoms with E-state index in [0.717, 1.165) is 5.70 Å². The zero-order valence-electron chi connectivity index (χ0n) is 4.83. The van der Waals surface area contributed by atoms with Crippen LogP contribution in [0.5, 0.6) is 0 Å². The predicted octanol–water partition coefficient (Wildman–Crippen LogP) is 0.988. The third-order valence-electron chi connectivity index (χ3n) is 0.908. The highest BCUT2D eigenvalue weighted by atomic mass is 15.1. The van der Waals surface area contributed by atoms with Gasteiger partial charge in [0.2, 0.25) is 0 Å². The lowest BCUT2D eigenvalue weighted by atomic mass is 10.4. The first-order valence-electron chi connectivity index (χ1n) is 2.42. The first kappa shape index (κ1) is 5.09. The molecule has 0 radical (unpaired) electrons. The van der Waals surface area contributed by atoms with Gasteiger partial charge >= 0.3 is 0 Å². The standard InChI is InChI=1S/C6H8N2/c1-6-3-4-8(2)5-7-6/h3-5H,1H2,2H3. The largest absolute Gasteiger partial charge is 0.342 e. The van der Waals surface area contributed by atoms with Crippen LogP contribution in [0.15, 0.2) is 29.5 Å². The van der Waals surface area contributed by atoms with E-state index in [1.54, 1.807) is 6.34 Å². The van der Waals surface area contributed by atoms with Crippen LogP contribution in [-0.2, 0) is 0 Å². The van der Waals surface area contributed by atoms with Crippen LogP contribution < -0.4 is 0 Å². The quantitative estimate of drug-likeness (QED) is 0.451. The van der Waals surface area contributed by atoms with Crippen LogP contribution in [0.25, 0.3) is 0 Å². The lowest BCUT2D eigenvalue weighted by Gasteiger charge is -2.08. The second-order valence-corrected chi connectivity index (χ2v) is 1.72. The van der Waals surface area contributed by atoms with E-state index in [9.17, 15) is 0 Å². The second kappa shape index (κ2) is 1.82. The van der Waals surface area contributed by atoms with E-state index in [1.807, 2.05) is 24.2 Å². The third kappa shape index (κ3) is 0.964. The molecule has 1 rings (SSSR count). The van der Waals surface area contributed by atoms with Crippen molar-refractivity contribution in [2.45, 2.75) is 0 Å². The zero-order valence-corrected chi connectivity index (χ0v) is 4.83. The molecule has 2 nitrogen and oxygen atoms in total. The van der Waals surface area contributed by atoms with Gasteiger partial charge in [0.05, 0.1) is 12.0 Å². The Morgan fingerprint density at radius 2 is 2.50 bits per heavy atom. The summed E-state index contributed by atoms with van der Waals surface area (Å²) in [5.41, 5.74) is 0.808. The molecule has 0 aromatic heterocycles. The van der Waals surface area contributed by atoms with Crippen LogP contribution in [0, 0.1) is 0 Å². The zero-order chi connectivity index (χ0) is 5.98. The molecule has 0 saturated heterocycles.